The number of nitrogens with zero attached hydrogens (tertiary/aromatic N) is 1. The van der Waals surface area contributed by atoms with E-state index in [1.807, 2.05) is 60.7 Å². The zero-order valence-electron chi connectivity index (χ0n) is 15.3. The molecule has 28 heavy (non-hydrogen) atoms. The number of amides is 1. The third kappa shape index (κ3) is 4.88. The quantitative estimate of drug-likeness (QED) is 0.462. The zero-order valence-corrected chi connectivity index (χ0v) is 15.3. The highest BCUT2D eigenvalue weighted by Gasteiger charge is 2.15. The number of carbonyl (C=O) groups is 1. The fourth-order valence-electron chi connectivity index (χ4n) is 2.92. The van der Waals surface area contributed by atoms with Crippen molar-refractivity contribution in [3.63, 3.8) is 0 Å². The zero-order chi connectivity index (χ0) is 19.9. The smallest absolute Gasteiger partial charge is 0.405 e. The van der Waals surface area contributed by atoms with Crippen LogP contribution in [0.25, 0.3) is 5.70 Å². The van der Waals surface area contributed by atoms with Gasteiger partial charge in [0.1, 0.15) is 0 Å². The first-order valence-corrected chi connectivity index (χ1v) is 8.82. The monoisotopic (exact) mass is 374 g/mol. The molecule has 5 N–H and O–H groups in total. The van der Waals surface area contributed by atoms with Crippen LogP contribution in [-0.2, 0) is 6.42 Å². The van der Waals surface area contributed by atoms with Gasteiger partial charge in [-0.15, -0.1) is 0 Å². The molecule has 6 nitrogen and oxygen atoms in total. The minimum Gasteiger partial charge on any atom is -0.465 e. The number of anilines is 2. The molecule has 0 bridgehead atoms. The van der Waals surface area contributed by atoms with E-state index in [1.54, 1.807) is 12.4 Å². The number of para-hydroxylation sites is 2. The Hall–Kier alpha value is -3.80. The van der Waals surface area contributed by atoms with Crippen molar-refractivity contribution >= 4 is 23.2 Å². The minimum atomic E-state index is -1.07. The standard InChI is InChI=1S/C22H22N4O2/c1-15(25-20-7-3-2-6-19(20)23)17-8-10-18(11-9-17)21(26-22(27)28)13-16-5-4-12-24-14-16/h2-12,14,21,25-26H,1,13,23H2,(H,27,28). The first-order valence-electron chi connectivity index (χ1n) is 8.82. The molecule has 3 aromatic rings. The van der Waals surface area contributed by atoms with E-state index in [-0.39, 0.29) is 6.04 Å². The second kappa shape index (κ2) is 8.73. The molecule has 1 unspecified atom stereocenters. The molecule has 2 aromatic carbocycles. The van der Waals surface area contributed by atoms with E-state index in [0.717, 1.165) is 22.4 Å². The van der Waals surface area contributed by atoms with Gasteiger partial charge in [0.25, 0.3) is 0 Å². The topological polar surface area (TPSA) is 100 Å². The average Bonchev–Trinajstić information content (AvgIpc) is 2.70. The van der Waals surface area contributed by atoms with Crippen molar-refractivity contribution in [2.45, 2.75) is 12.5 Å². The van der Waals surface area contributed by atoms with Gasteiger partial charge >= 0.3 is 6.09 Å². The number of carboxylic acid groups (broad SMARTS) is 1. The lowest BCUT2D eigenvalue weighted by molar-refractivity contribution is 0.190. The van der Waals surface area contributed by atoms with Gasteiger partial charge in [0.15, 0.2) is 0 Å². The maximum atomic E-state index is 11.2. The van der Waals surface area contributed by atoms with E-state index in [9.17, 15) is 9.90 Å². The minimum absolute atomic E-state index is 0.373. The van der Waals surface area contributed by atoms with Crippen LogP contribution in [0.3, 0.4) is 0 Å². The van der Waals surface area contributed by atoms with Gasteiger partial charge in [-0.1, -0.05) is 49.0 Å². The lowest BCUT2D eigenvalue weighted by atomic mass is 9.98. The summed E-state index contributed by atoms with van der Waals surface area (Å²) < 4.78 is 0. The highest BCUT2D eigenvalue weighted by molar-refractivity contribution is 5.80. The maximum absolute atomic E-state index is 11.2. The van der Waals surface area contributed by atoms with Gasteiger partial charge in [-0.3, -0.25) is 4.98 Å². The number of benzene rings is 2. The third-order valence-corrected chi connectivity index (χ3v) is 4.37. The summed E-state index contributed by atoms with van der Waals surface area (Å²) in [6, 6.07) is 18.5. The Bertz CT molecular complexity index is 956. The van der Waals surface area contributed by atoms with Crippen LogP contribution in [0.5, 0.6) is 0 Å². The van der Waals surface area contributed by atoms with Crippen molar-refractivity contribution in [3.05, 3.63) is 96.3 Å². The third-order valence-electron chi connectivity index (χ3n) is 4.37. The van der Waals surface area contributed by atoms with E-state index in [4.69, 9.17) is 5.73 Å². The first kappa shape index (κ1) is 19.0. The van der Waals surface area contributed by atoms with Gasteiger partial charge < -0.3 is 21.5 Å². The van der Waals surface area contributed by atoms with Gasteiger partial charge in [0.2, 0.25) is 0 Å². The number of nitrogens with two attached hydrogens (primary N) is 1. The number of hydrogen-bond acceptors (Lipinski definition) is 4. The Morgan fingerprint density at radius 3 is 2.50 bits per heavy atom. The molecule has 0 aliphatic heterocycles. The molecule has 142 valence electrons. The van der Waals surface area contributed by atoms with Crippen molar-refractivity contribution in [1.82, 2.24) is 10.3 Å². The SMILES string of the molecule is C=C(Nc1ccccc1N)c1ccc(C(Cc2cccnc2)NC(=O)O)cc1. The molecular weight excluding hydrogens is 352 g/mol. The molecule has 1 aromatic heterocycles. The summed E-state index contributed by atoms with van der Waals surface area (Å²) in [5.74, 6) is 0. The Morgan fingerprint density at radius 2 is 1.86 bits per heavy atom. The summed E-state index contributed by atoms with van der Waals surface area (Å²) >= 11 is 0. The van der Waals surface area contributed by atoms with E-state index in [1.165, 1.54) is 0 Å². The van der Waals surface area contributed by atoms with Crippen LogP contribution in [0.1, 0.15) is 22.7 Å². The number of rotatable bonds is 7. The maximum Gasteiger partial charge on any atom is 0.405 e. The Labute approximate surface area is 163 Å². The number of hydrogen-bond donors (Lipinski definition) is 4. The van der Waals surface area contributed by atoms with Crippen molar-refractivity contribution in [3.8, 4) is 0 Å². The van der Waals surface area contributed by atoms with Crippen molar-refractivity contribution in [1.29, 1.82) is 0 Å². The molecular formula is C22H22N4O2. The Kier molecular flexibility index (Phi) is 5.91. The van der Waals surface area contributed by atoms with Gasteiger partial charge in [0, 0.05) is 18.1 Å². The Morgan fingerprint density at radius 1 is 1.11 bits per heavy atom. The molecule has 1 heterocycles. The van der Waals surface area contributed by atoms with E-state index in [0.29, 0.717) is 17.8 Å². The van der Waals surface area contributed by atoms with Gasteiger partial charge in [-0.25, -0.2) is 4.79 Å². The normalized spacial score (nSPS) is 11.4. The molecule has 0 aliphatic rings. The predicted octanol–water partition coefficient (Wildman–Crippen LogP) is 4.30. The highest BCUT2D eigenvalue weighted by atomic mass is 16.4. The first-order chi connectivity index (χ1) is 13.5. The van der Waals surface area contributed by atoms with E-state index >= 15 is 0 Å². The number of aromatic nitrogens is 1. The van der Waals surface area contributed by atoms with Crippen LogP contribution >= 0.6 is 0 Å². The second-order valence-electron chi connectivity index (χ2n) is 6.38. The van der Waals surface area contributed by atoms with Crippen LogP contribution < -0.4 is 16.4 Å². The summed E-state index contributed by atoms with van der Waals surface area (Å²) in [6.45, 7) is 4.07. The van der Waals surface area contributed by atoms with E-state index in [2.05, 4.69) is 22.2 Å². The molecule has 0 saturated heterocycles. The molecule has 1 amide bonds. The summed E-state index contributed by atoms with van der Waals surface area (Å²) in [5.41, 5.74) is 10.8. The van der Waals surface area contributed by atoms with Crippen LogP contribution in [0.2, 0.25) is 0 Å². The highest BCUT2D eigenvalue weighted by Crippen LogP contribution is 2.24. The summed E-state index contributed by atoms with van der Waals surface area (Å²) in [5, 5.41) is 15.0. The Balaban J connectivity index is 1.75. The number of pyridine rings is 1. The van der Waals surface area contributed by atoms with Crippen molar-refractivity contribution in [2.75, 3.05) is 11.1 Å². The molecule has 3 rings (SSSR count). The van der Waals surface area contributed by atoms with Gasteiger partial charge in [0.05, 0.1) is 17.4 Å². The molecule has 6 heteroatoms. The lowest BCUT2D eigenvalue weighted by Crippen LogP contribution is -2.28. The summed E-state index contributed by atoms with van der Waals surface area (Å²) in [4.78, 5) is 15.3. The van der Waals surface area contributed by atoms with Crippen LogP contribution in [0.4, 0.5) is 16.2 Å². The van der Waals surface area contributed by atoms with Crippen molar-refractivity contribution < 1.29 is 9.90 Å². The largest absolute Gasteiger partial charge is 0.465 e. The molecule has 0 aliphatic carbocycles. The van der Waals surface area contributed by atoms with Crippen LogP contribution in [-0.4, -0.2) is 16.2 Å². The van der Waals surface area contributed by atoms with Gasteiger partial charge in [-0.2, -0.15) is 0 Å². The van der Waals surface area contributed by atoms with Crippen LogP contribution in [0, 0.1) is 0 Å². The fourth-order valence-corrected chi connectivity index (χ4v) is 2.92. The molecule has 0 radical (unpaired) electrons. The predicted molar refractivity (Wildman–Crippen MR) is 112 cm³/mol. The summed E-state index contributed by atoms with van der Waals surface area (Å²) in [6.07, 6.45) is 2.87. The molecule has 0 fully saturated rings. The van der Waals surface area contributed by atoms with Crippen molar-refractivity contribution in [2.24, 2.45) is 0 Å². The average molecular weight is 374 g/mol. The number of nitrogen functional groups attached to an aromatic ring is 1. The molecule has 0 spiro atoms. The molecule has 1 atom stereocenters. The summed E-state index contributed by atoms with van der Waals surface area (Å²) in [7, 11) is 0. The lowest BCUT2D eigenvalue weighted by Gasteiger charge is -2.18. The van der Waals surface area contributed by atoms with Crippen LogP contribution in [0.15, 0.2) is 79.6 Å². The second-order valence-corrected chi connectivity index (χ2v) is 6.38. The fraction of sp³-hybridized carbons (Fsp3) is 0.0909. The molecule has 0 saturated carbocycles. The number of nitrogens with one attached hydrogen (secondary N) is 2. The van der Waals surface area contributed by atoms with E-state index < -0.39 is 6.09 Å². The van der Waals surface area contributed by atoms with Gasteiger partial charge in [-0.05, 0) is 41.3 Å².